The number of para-hydroxylation sites is 1. The van der Waals surface area contributed by atoms with Crippen molar-refractivity contribution in [3.63, 3.8) is 0 Å². The number of halogens is 2. The summed E-state index contributed by atoms with van der Waals surface area (Å²) in [6.07, 6.45) is 0. The summed E-state index contributed by atoms with van der Waals surface area (Å²) in [6, 6.07) is 26.6. The van der Waals surface area contributed by atoms with Crippen molar-refractivity contribution in [3.05, 3.63) is 88.9 Å². The van der Waals surface area contributed by atoms with Gasteiger partial charge in [-0.15, -0.1) is 0 Å². The van der Waals surface area contributed by atoms with Crippen LogP contribution >= 0.6 is 23.2 Å². The maximum Gasteiger partial charge on any atom is 0.129 e. The second-order valence-corrected chi connectivity index (χ2v) is 8.32. The molecule has 5 heteroatoms. The molecule has 1 saturated heterocycles. The number of hydrogen-bond acceptors (Lipinski definition) is 3. The van der Waals surface area contributed by atoms with Crippen LogP contribution in [0.1, 0.15) is 0 Å². The molecule has 2 heterocycles. The molecule has 1 fully saturated rings. The number of benzene rings is 3. The first-order chi connectivity index (χ1) is 14.7. The number of rotatable bonds is 3. The van der Waals surface area contributed by atoms with Crippen LogP contribution in [-0.2, 0) is 0 Å². The molecule has 0 atom stereocenters. The van der Waals surface area contributed by atoms with E-state index in [-0.39, 0.29) is 0 Å². The number of hydrogen-bond donors (Lipinski definition) is 0. The van der Waals surface area contributed by atoms with Crippen LogP contribution < -0.4 is 9.80 Å². The summed E-state index contributed by atoms with van der Waals surface area (Å²) in [6.45, 7) is 3.60. The van der Waals surface area contributed by atoms with Gasteiger partial charge in [0.2, 0.25) is 0 Å². The van der Waals surface area contributed by atoms with Crippen LogP contribution in [0.5, 0.6) is 0 Å². The van der Waals surface area contributed by atoms with E-state index in [1.54, 1.807) is 0 Å². The van der Waals surface area contributed by atoms with E-state index in [0.29, 0.717) is 0 Å². The summed E-state index contributed by atoms with van der Waals surface area (Å²) in [5.74, 6) is 1.00. The molecule has 5 rings (SSSR count). The van der Waals surface area contributed by atoms with Crippen LogP contribution in [0.25, 0.3) is 22.0 Å². The van der Waals surface area contributed by atoms with Crippen LogP contribution in [0, 0.1) is 0 Å². The number of pyridine rings is 1. The maximum absolute atomic E-state index is 6.40. The minimum Gasteiger partial charge on any atom is -0.367 e. The Labute approximate surface area is 186 Å². The predicted molar refractivity (Wildman–Crippen MR) is 128 cm³/mol. The topological polar surface area (TPSA) is 19.4 Å². The van der Waals surface area contributed by atoms with Gasteiger partial charge < -0.3 is 9.80 Å². The Balaban J connectivity index is 1.48. The van der Waals surface area contributed by atoms with Gasteiger partial charge in [-0.2, -0.15) is 0 Å². The van der Waals surface area contributed by atoms with E-state index in [1.807, 2.05) is 42.5 Å². The SMILES string of the molecule is Clc1ccc2nc(N3CCN(c4ccccc4Cl)CC3)cc(-c3ccccc3)c2c1. The van der Waals surface area contributed by atoms with Crippen LogP contribution in [0.2, 0.25) is 10.0 Å². The molecule has 1 aliphatic rings. The van der Waals surface area contributed by atoms with E-state index in [1.165, 1.54) is 5.56 Å². The van der Waals surface area contributed by atoms with Gasteiger partial charge in [-0.25, -0.2) is 4.98 Å². The highest BCUT2D eigenvalue weighted by atomic mass is 35.5. The van der Waals surface area contributed by atoms with Crippen LogP contribution in [0.15, 0.2) is 78.9 Å². The first-order valence-electron chi connectivity index (χ1n) is 10.1. The lowest BCUT2D eigenvalue weighted by atomic mass is 10.0. The molecule has 3 aromatic carbocycles. The highest BCUT2D eigenvalue weighted by Crippen LogP contribution is 2.34. The van der Waals surface area contributed by atoms with Gasteiger partial charge in [0.1, 0.15) is 5.82 Å². The summed E-state index contributed by atoms with van der Waals surface area (Å²) in [4.78, 5) is 9.66. The molecule has 3 nitrogen and oxygen atoms in total. The Kier molecular flexibility index (Phi) is 5.24. The number of piperazine rings is 1. The van der Waals surface area contributed by atoms with Gasteiger partial charge in [-0.1, -0.05) is 65.7 Å². The van der Waals surface area contributed by atoms with E-state index in [4.69, 9.17) is 28.2 Å². The number of anilines is 2. The molecule has 0 saturated carbocycles. The highest BCUT2D eigenvalue weighted by Gasteiger charge is 2.21. The highest BCUT2D eigenvalue weighted by molar-refractivity contribution is 6.33. The monoisotopic (exact) mass is 433 g/mol. The van der Waals surface area contributed by atoms with E-state index < -0.39 is 0 Å². The molecule has 0 spiro atoms. The third kappa shape index (κ3) is 3.71. The fraction of sp³-hybridized carbons (Fsp3) is 0.160. The molecular weight excluding hydrogens is 413 g/mol. The van der Waals surface area contributed by atoms with E-state index in [9.17, 15) is 0 Å². The zero-order chi connectivity index (χ0) is 20.5. The molecule has 4 aromatic rings. The number of nitrogens with zero attached hydrogens (tertiary/aromatic N) is 3. The molecule has 0 unspecified atom stereocenters. The van der Waals surface area contributed by atoms with E-state index in [2.05, 4.69) is 46.2 Å². The quantitative estimate of drug-likeness (QED) is 0.365. The number of fused-ring (bicyclic) bond motifs is 1. The normalized spacial score (nSPS) is 14.3. The first kappa shape index (κ1) is 19.2. The largest absolute Gasteiger partial charge is 0.367 e. The summed E-state index contributed by atoms with van der Waals surface area (Å²) in [7, 11) is 0. The Morgan fingerprint density at radius 2 is 1.40 bits per heavy atom. The van der Waals surface area contributed by atoms with Crippen molar-refractivity contribution in [2.24, 2.45) is 0 Å². The van der Waals surface area contributed by atoms with Gasteiger partial charge in [0.05, 0.1) is 16.2 Å². The first-order valence-corrected chi connectivity index (χ1v) is 10.8. The lowest BCUT2D eigenvalue weighted by Gasteiger charge is -2.37. The predicted octanol–water partition coefficient (Wildman–Crippen LogP) is 6.54. The smallest absolute Gasteiger partial charge is 0.129 e. The van der Waals surface area contributed by atoms with Crippen molar-refractivity contribution < 1.29 is 0 Å². The molecule has 150 valence electrons. The van der Waals surface area contributed by atoms with E-state index >= 15 is 0 Å². The molecule has 1 aromatic heterocycles. The zero-order valence-corrected chi connectivity index (χ0v) is 17.9. The van der Waals surface area contributed by atoms with Crippen molar-refractivity contribution in [2.75, 3.05) is 36.0 Å². The lowest BCUT2D eigenvalue weighted by molar-refractivity contribution is 0.648. The summed E-state index contributed by atoms with van der Waals surface area (Å²) < 4.78 is 0. The van der Waals surface area contributed by atoms with Crippen molar-refractivity contribution in [3.8, 4) is 11.1 Å². The van der Waals surface area contributed by atoms with E-state index in [0.717, 1.165) is 64.2 Å². The molecule has 0 N–H and O–H groups in total. The third-order valence-electron chi connectivity index (χ3n) is 5.64. The molecule has 1 aliphatic heterocycles. The van der Waals surface area contributed by atoms with Crippen LogP contribution in [0.4, 0.5) is 11.5 Å². The van der Waals surface area contributed by atoms with Gasteiger partial charge in [-0.05, 0) is 47.5 Å². The molecule has 0 aliphatic carbocycles. The zero-order valence-electron chi connectivity index (χ0n) is 16.4. The van der Waals surface area contributed by atoms with Gasteiger partial charge in [0.25, 0.3) is 0 Å². The van der Waals surface area contributed by atoms with Crippen molar-refractivity contribution in [1.29, 1.82) is 0 Å². The average molecular weight is 434 g/mol. The fourth-order valence-electron chi connectivity index (χ4n) is 4.09. The standard InChI is InChI=1S/C25H21Cl2N3/c26-19-10-11-23-21(16-19)20(18-6-2-1-3-7-18)17-25(28-23)30-14-12-29(13-15-30)24-9-5-4-8-22(24)27/h1-11,16-17H,12-15H2. The Bertz CT molecular complexity index is 1190. The Hall–Kier alpha value is -2.75. The minimum absolute atomic E-state index is 0.725. The molecule has 0 radical (unpaired) electrons. The molecular formula is C25H21Cl2N3. The Morgan fingerprint density at radius 1 is 0.700 bits per heavy atom. The van der Waals surface area contributed by atoms with Gasteiger partial charge in [0.15, 0.2) is 0 Å². The van der Waals surface area contributed by atoms with Crippen molar-refractivity contribution in [2.45, 2.75) is 0 Å². The minimum atomic E-state index is 0.725. The second kappa shape index (κ2) is 8.17. The van der Waals surface area contributed by atoms with Crippen molar-refractivity contribution in [1.82, 2.24) is 4.98 Å². The van der Waals surface area contributed by atoms with Gasteiger partial charge in [-0.3, -0.25) is 0 Å². The summed E-state index contributed by atoms with van der Waals surface area (Å²) >= 11 is 12.7. The van der Waals surface area contributed by atoms with Crippen LogP contribution in [-0.4, -0.2) is 31.2 Å². The summed E-state index contributed by atoms with van der Waals surface area (Å²) in [5, 5.41) is 2.60. The molecule has 30 heavy (non-hydrogen) atoms. The average Bonchev–Trinajstić information content (AvgIpc) is 2.79. The third-order valence-corrected chi connectivity index (χ3v) is 6.19. The maximum atomic E-state index is 6.40. The Morgan fingerprint density at radius 3 is 2.17 bits per heavy atom. The summed E-state index contributed by atoms with van der Waals surface area (Å²) in [5.41, 5.74) is 4.39. The van der Waals surface area contributed by atoms with Gasteiger partial charge >= 0.3 is 0 Å². The number of aromatic nitrogens is 1. The van der Waals surface area contributed by atoms with Gasteiger partial charge in [0, 0.05) is 36.6 Å². The van der Waals surface area contributed by atoms with Crippen molar-refractivity contribution >= 4 is 45.6 Å². The molecule has 0 amide bonds. The molecule has 0 bridgehead atoms. The fourth-order valence-corrected chi connectivity index (χ4v) is 4.51. The van der Waals surface area contributed by atoms with Crippen LogP contribution in [0.3, 0.4) is 0 Å². The second-order valence-electron chi connectivity index (χ2n) is 7.48. The lowest BCUT2D eigenvalue weighted by Crippen LogP contribution is -2.47.